The molecule has 12 nitrogen and oxygen atoms in total. The molecule has 1 aliphatic rings. The lowest BCUT2D eigenvalue weighted by Gasteiger charge is -2.26. The van der Waals surface area contributed by atoms with Gasteiger partial charge in [-0.2, -0.15) is 5.26 Å². The second kappa shape index (κ2) is 5.35. The maximum absolute atomic E-state index is 10.9. The summed E-state index contributed by atoms with van der Waals surface area (Å²) in [4.78, 5) is 22.5. The number of aliphatic hydroxyl groups excluding tert-OH is 3. The highest BCUT2D eigenvalue weighted by atomic mass is 16.6. The van der Waals surface area contributed by atoms with Crippen LogP contribution in [-0.2, 0) is 15.3 Å². The number of imidazole rings is 1. The molecule has 1 saturated heterocycles. The van der Waals surface area contributed by atoms with Crippen LogP contribution >= 0.6 is 0 Å². The van der Waals surface area contributed by atoms with Crippen molar-refractivity contribution >= 4 is 23.0 Å². The van der Waals surface area contributed by atoms with Crippen LogP contribution in [0.2, 0.25) is 0 Å². The van der Waals surface area contributed by atoms with Crippen molar-refractivity contribution in [1.29, 1.82) is 5.26 Å². The van der Waals surface area contributed by atoms with E-state index in [2.05, 4.69) is 15.0 Å². The summed E-state index contributed by atoms with van der Waals surface area (Å²) < 4.78 is 6.27. The zero-order valence-electron chi connectivity index (χ0n) is 11.9. The number of hydrogen-bond donors (Lipinski definition) is 5. The number of nitrogens with two attached hydrogens (primary N) is 1. The maximum Gasteiger partial charge on any atom is 0.335 e. The fourth-order valence-electron chi connectivity index (χ4n) is 2.59. The fourth-order valence-corrected chi connectivity index (χ4v) is 2.59. The normalized spacial score (nSPS) is 31.0. The van der Waals surface area contributed by atoms with Gasteiger partial charge in [-0.3, -0.25) is 4.57 Å². The summed E-state index contributed by atoms with van der Waals surface area (Å²) >= 11 is 0. The predicted octanol–water partition coefficient (Wildman–Crippen LogP) is -2.85. The first kappa shape index (κ1) is 16.0. The monoisotopic (exact) mass is 336 g/mol. The molecule has 0 aromatic carbocycles. The molecule has 5 atom stereocenters. The smallest absolute Gasteiger partial charge is 0.335 e. The Balaban J connectivity index is 2.14. The van der Waals surface area contributed by atoms with E-state index in [1.54, 1.807) is 6.07 Å². The van der Waals surface area contributed by atoms with Gasteiger partial charge in [0, 0.05) is 0 Å². The van der Waals surface area contributed by atoms with Crippen LogP contribution in [0.5, 0.6) is 0 Å². The van der Waals surface area contributed by atoms with E-state index in [1.165, 1.54) is 0 Å². The van der Waals surface area contributed by atoms with Crippen molar-refractivity contribution in [3.8, 4) is 6.07 Å². The van der Waals surface area contributed by atoms with Crippen molar-refractivity contribution in [3.63, 3.8) is 0 Å². The summed E-state index contributed by atoms with van der Waals surface area (Å²) in [5, 5.41) is 48.3. The van der Waals surface area contributed by atoms with Gasteiger partial charge in [0.2, 0.25) is 0 Å². The number of carbonyl (C=O) groups is 1. The van der Waals surface area contributed by atoms with Gasteiger partial charge in [0.15, 0.2) is 17.6 Å². The number of nitrogens with zero attached hydrogens (tertiary/aromatic N) is 5. The second-order valence-corrected chi connectivity index (χ2v) is 5.15. The van der Waals surface area contributed by atoms with Gasteiger partial charge in [0.05, 0.1) is 0 Å². The van der Waals surface area contributed by atoms with E-state index in [4.69, 9.17) is 15.6 Å². The SMILES string of the molecule is N#C[C@@]1(n2cnc3c(N)ncnc32)O[C@H](C(O)C(=O)O)[C@@H](O)[C@H]1O. The Kier molecular flexibility index (Phi) is 3.57. The van der Waals surface area contributed by atoms with Crippen molar-refractivity contribution < 1.29 is 30.0 Å². The molecular formula is C12H12N6O6. The highest BCUT2D eigenvalue weighted by molar-refractivity contribution is 5.81. The molecule has 2 aromatic rings. The van der Waals surface area contributed by atoms with Gasteiger partial charge in [-0.05, 0) is 0 Å². The third-order valence-electron chi connectivity index (χ3n) is 3.82. The molecule has 0 saturated carbocycles. The van der Waals surface area contributed by atoms with Crippen LogP contribution in [0.25, 0.3) is 11.2 Å². The molecule has 1 fully saturated rings. The number of rotatable bonds is 3. The first-order valence-electron chi connectivity index (χ1n) is 6.63. The Morgan fingerprint density at radius 3 is 2.79 bits per heavy atom. The lowest BCUT2D eigenvalue weighted by Crippen LogP contribution is -2.44. The minimum absolute atomic E-state index is 0.0157. The number of nitrogen functional groups attached to an aromatic ring is 1. The maximum atomic E-state index is 10.9. The minimum atomic E-state index is -2.25. The van der Waals surface area contributed by atoms with Crippen LogP contribution in [0.3, 0.4) is 0 Å². The Labute approximate surface area is 133 Å². The average Bonchev–Trinajstić information content (AvgIpc) is 3.10. The molecule has 0 radical (unpaired) electrons. The molecule has 126 valence electrons. The number of carboxylic acids is 1. The lowest BCUT2D eigenvalue weighted by molar-refractivity contribution is -0.165. The fraction of sp³-hybridized carbons (Fsp3) is 0.417. The Bertz CT molecular complexity index is 848. The number of aliphatic hydroxyl groups is 3. The first-order valence-corrected chi connectivity index (χ1v) is 6.63. The number of nitriles is 1. The van der Waals surface area contributed by atoms with Gasteiger partial charge in [0.25, 0.3) is 5.72 Å². The summed E-state index contributed by atoms with van der Waals surface area (Å²) in [5.74, 6) is -1.66. The molecule has 0 bridgehead atoms. The molecule has 0 amide bonds. The number of aliphatic carboxylic acids is 1. The molecule has 0 aliphatic carbocycles. The first-order chi connectivity index (χ1) is 11.3. The summed E-state index contributed by atoms with van der Waals surface area (Å²) in [5.41, 5.74) is 3.55. The van der Waals surface area contributed by atoms with E-state index in [-0.39, 0.29) is 17.0 Å². The van der Waals surface area contributed by atoms with E-state index in [9.17, 15) is 25.4 Å². The number of hydrogen-bond acceptors (Lipinski definition) is 10. The van der Waals surface area contributed by atoms with Gasteiger partial charge in [-0.1, -0.05) is 0 Å². The zero-order valence-corrected chi connectivity index (χ0v) is 11.9. The third kappa shape index (κ3) is 2.00. The summed E-state index contributed by atoms with van der Waals surface area (Å²) in [6.45, 7) is 0. The molecule has 24 heavy (non-hydrogen) atoms. The molecule has 1 aliphatic heterocycles. The van der Waals surface area contributed by atoms with Crippen LogP contribution in [0.15, 0.2) is 12.7 Å². The number of aromatic nitrogens is 4. The van der Waals surface area contributed by atoms with Gasteiger partial charge < -0.3 is 30.9 Å². The van der Waals surface area contributed by atoms with Gasteiger partial charge in [-0.25, -0.2) is 19.7 Å². The highest BCUT2D eigenvalue weighted by Crippen LogP contribution is 2.38. The molecule has 6 N–H and O–H groups in total. The van der Waals surface area contributed by atoms with Gasteiger partial charge in [0.1, 0.15) is 42.6 Å². The number of anilines is 1. The standard InChI is InChI=1S/C12H12N6O6/c13-1-12(8(21)5(19)7(24-12)6(20)11(22)23)18-3-17-4-9(14)15-2-16-10(4)18/h2-3,5-8,19-21H,(H,22,23)(H2,14,15,16)/t5-,6?,7+,8-,12-/m1/s1. The number of fused-ring (bicyclic) bond motifs is 1. The predicted molar refractivity (Wildman–Crippen MR) is 73.9 cm³/mol. The highest BCUT2D eigenvalue weighted by Gasteiger charge is 2.59. The summed E-state index contributed by atoms with van der Waals surface area (Å²) in [6.07, 6.45) is -5.43. The second-order valence-electron chi connectivity index (χ2n) is 5.15. The Morgan fingerprint density at radius 2 is 2.17 bits per heavy atom. The van der Waals surface area contributed by atoms with Crippen LogP contribution in [0.4, 0.5) is 5.82 Å². The van der Waals surface area contributed by atoms with E-state index < -0.39 is 36.1 Å². The summed E-state index contributed by atoms with van der Waals surface area (Å²) in [7, 11) is 0. The van der Waals surface area contributed by atoms with Crippen molar-refractivity contribution in [2.75, 3.05) is 5.73 Å². The van der Waals surface area contributed by atoms with E-state index in [1.807, 2.05) is 0 Å². The van der Waals surface area contributed by atoms with Gasteiger partial charge in [-0.15, -0.1) is 0 Å². The quantitative estimate of drug-likeness (QED) is 0.386. The molecule has 12 heteroatoms. The number of ether oxygens (including phenoxy) is 1. The average molecular weight is 336 g/mol. The molecular weight excluding hydrogens is 324 g/mol. The Morgan fingerprint density at radius 1 is 1.46 bits per heavy atom. The largest absolute Gasteiger partial charge is 0.479 e. The van der Waals surface area contributed by atoms with Crippen LogP contribution < -0.4 is 5.73 Å². The summed E-state index contributed by atoms with van der Waals surface area (Å²) in [6, 6.07) is 1.68. The zero-order chi connectivity index (χ0) is 17.6. The van der Waals surface area contributed by atoms with Gasteiger partial charge >= 0.3 is 5.97 Å². The minimum Gasteiger partial charge on any atom is -0.479 e. The molecule has 2 aromatic heterocycles. The molecule has 0 spiro atoms. The van der Waals surface area contributed by atoms with Crippen LogP contribution in [0, 0.1) is 11.3 Å². The topological polar surface area (TPSA) is 201 Å². The number of carboxylic acid groups (broad SMARTS) is 1. The van der Waals surface area contributed by atoms with Crippen molar-refractivity contribution in [2.24, 2.45) is 0 Å². The van der Waals surface area contributed by atoms with Crippen LogP contribution in [0.1, 0.15) is 0 Å². The van der Waals surface area contributed by atoms with Crippen molar-refractivity contribution in [3.05, 3.63) is 12.7 Å². The van der Waals surface area contributed by atoms with Crippen molar-refractivity contribution in [1.82, 2.24) is 19.5 Å². The molecule has 3 rings (SSSR count). The Hall–Kier alpha value is -2.85. The lowest BCUT2D eigenvalue weighted by atomic mass is 10.0. The third-order valence-corrected chi connectivity index (χ3v) is 3.82. The van der Waals surface area contributed by atoms with E-state index >= 15 is 0 Å². The molecule has 1 unspecified atom stereocenters. The molecule has 3 heterocycles. The van der Waals surface area contributed by atoms with E-state index in [0.717, 1.165) is 17.2 Å². The van der Waals surface area contributed by atoms with E-state index in [0.29, 0.717) is 0 Å². The van der Waals surface area contributed by atoms with Crippen LogP contribution in [-0.4, -0.2) is 70.3 Å². The van der Waals surface area contributed by atoms with Crippen molar-refractivity contribution in [2.45, 2.75) is 30.1 Å².